The van der Waals surface area contributed by atoms with Crippen LogP contribution < -0.4 is 10.6 Å². The zero-order chi connectivity index (χ0) is 17.5. The molecule has 0 aliphatic rings. The number of carbonyl (C=O) groups excluding carboxylic acids is 1. The first-order chi connectivity index (χ1) is 11.5. The lowest BCUT2D eigenvalue weighted by Gasteiger charge is -2.06. The maximum atomic E-state index is 12.1. The first-order valence-corrected chi connectivity index (χ1v) is 7.42. The van der Waals surface area contributed by atoms with Gasteiger partial charge < -0.3 is 15.7 Å². The third-order valence-corrected chi connectivity index (χ3v) is 3.31. The van der Waals surface area contributed by atoms with Crippen molar-refractivity contribution in [3.63, 3.8) is 0 Å². The Morgan fingerprint density at radius 3 is 2.75 bits per heavy atom. The standard InChI is InChI=1S/C16H11BrN4O3/c17-12-4-5-19-14(7-12)20-9-11(8-18)15(22)21-13-3-1-2-10(6-13)16(23)24/h1-7,9H,(H,19,20)(H,21,22)(H,23,24)/b11-9-. The predicted octanol–water partition coefficient (Wildman–Crippen LogP) is 3.00. The van der Waals surface area contributed by atoms with Crippen LogP contribution in [-0.2, 0) is 4.79 Å². The molecule has 0 aliphatic carbocycles. The van der Waals surface area contributed by atoms with Crippen LogP contribution in [0.2, 0.25) is 0 Å². The molecule has 0 unspecified atom stereocenters. The van der Waals surface area contributed by atoms with Crippen LogP contribution in [0, 0.1) is 11.3 Å². The van der Waals surface area contributed by atoms with Gasteiger partial charge in [0.1, 0.15) is 17.5 Å². The molecule has 0 spiro atoms. The van der Waals surface area contributed by atoms with Gasteiger partial charge in [0.2, 0.25) is 0 Å². The highest BCUT2D eigenvalue weighted by Crippen LogP contribution is 2.14. The smallest absolute Gasteiger partial charge is 0.335 e. The minimum atomic E-state index is -1.11. The van der Waals surface area contributed by atoms with Crippen molar-refractivity contribution in [3.8, 4) is 6.07 Å². The molecule has 1 amide bonds. The summed E-state index contributed by atoms with van der Waals surface area (Å²) in [6.45, 7) is 0. The molecule has 8 heteroatoms. The summed E-state index contributed by atoms with van der Waals surface area (Å²) in [5, 5.41) is 23.3. The summed E-state index contributed by atoms with van der Waals surface area (Å²) in [6, 6.07) is 10.9. The van der Waals surface area contributed by atoms with E-state index < -0.39 is 11.9 Å². The summed E-state index contributed by atoms with van der Waals surface area (Å²) < 4.78 is 0.793. The highest BCUT2D eigenvalue weighted by Gasteiger charge is 2.11. The first-order valence-electron chi connectivity index (χ1n) is 6.62. The Labute approximate surface area is 145 Å². The second kappa shape index (κ2) is 7.89. The quantitative estimate of drug-likeness (QED) is 0.537. The number of aromatic carboxylic acids is 1. The highest BCUT2D eigenvalue weighted by molar-refractivity contribution is 9.10. The lowest BCUT2D eigenvalue weighted by molar-refractivity contribution is -0.112. The van der Waals surface area contributed by atoms with Crippen LogP contribution in [0.1, 0.15) is 10.4 Å². The molecule has 0 atom stereocenters. The van der Waals surface area contributed by atoms with E-state index in [-0.39, 0.29) is 16.8 Å². The molecule has 0 fully saturated rings. The van der Waals surface area contributed by atoms with Gasteiger partial charge in [0.05, 0.1) is 5.56 Å². The second-order valence-corrected chi connectivity index (χ2v) is 5.43. The molecule has 1 aromatic carbocycles. The van der Waals surface area contributed by atoms with Gasteiger partial charge >= 0.3 is 5.97 Å². The highest BCUT2D eigenvalue weighted by atomic mass is 79.9. The van der Waals surface area contributed by atoms with Crippen molar-refractivity contribution >= 4 is 39.3 Å². The van der Waals surface area contributed by atoms with Crippen LogP contribution in [-0.4, -0.2) is 22.0 Å². The Balaban J connectivity index is 2.11. The molecule has 0 saturated carbocycles. The molecule has 24 heavy (non-hydrogen) atoms. The number of pyridine rings is 1. The van der Waals surface area contributed by atoms with Gasteiger partial charge in [-0.3, -0.25) is 4.79 Å². The Kier molecular flexibility index (Phi) is 5.65. The number of carbonyl (C=O) groups is 2. The fraction of sp³-hybridized carbons (Fsp3) is 0. The van der Waals surface area contributed by atoms with Gasteiger partial charge in [-0.25, -0.2) is 9.78 Å². The third-order valence-electron chi connectivity index (χ3n) is 2.82. The number of hydrogen-bond acceptors (Lipinski definition) is 5. The summed E-state index contributed by atoms with van der Waals surface area (Å²) >= 11 is 3.28. The van der Waals surface area contributed by atoms with Crippen molar-refractivity contribution in [1.82, 2.24) is 4.98 Å². The van der Waals surface area contributed by atoms with E-state index in [9.17, 15) is 9.59 Å². The predicted molar refractivity (Wildman–Crippen MR) is 91.3 cm³/mol. The largest absolute Gasteiger partial charge is 0.478 e. The topological polar surface area (TPSA) is 115 Å². The number of benzene rings is 1. The Hall–Kier alpha value is -3.18. The minimum Gasteiger partial charge on any atom is -0.478 e. The molecule has 120 valence electrons. The van der Waals surface area contributed by atoms with Crippen LogP contribution in [0.25, 0.3) is 0 Å². The van der Waals surface area contributed by atoms with Gasteiger partial charge in [0.25, 0.3) is 5.91 Å². The fourth-order valence-corrected chi connectivity index (χ4v) is 2.04. The molecule has 0 radical (unpaired) electrons. The third kappa shape index (κ3) is 4.66. The first kappa shape index (κ1) is 17.2. The lowest BCUT2D eigenvalue weighted by Crippen LogP contribution is -2.15. The monoisotopic (exact) mass is 386 g/mol. The van der Waals surface area contributed by atoms with Crippen molar-refractivity contribution in [2.45, 2.75) is 0 Å². The van der Waals surface area contributed by atoms with Crippen LogP contribution in [0.15, 0.2) is 58.8 Å². The number of rotatable bonds is 5. The summed E-state index contributed by atoms with van der Waals surface area (Å²) in [7, 11) is 0. The molecular weight excluding hydrogens is 376 g/mol. The van der Waals surface area contributed by atoms with E-state index in [1.807, 2.05) is 0 Å². The summed E-state index contributed by atoms with van der Waals surface area (Å²) in [5.74, 6) is -1.31. The number of aromatic nitrogens is 1. The summed E-state index contributed by atoms with van der Waals surface area (Å²) in [4.78, 5) is 27.0. The average molecular weight is 387 g/mol. The van der Waals surface area contributed by atoms with Crippen molar-refractivity contribution in [2.75, 3.05) is 10.6 Å². The normalized spacial score (nSPS) is 10.6. The Bertz CT molecular complexity index is 858. The van der Waals surface area contributed by atoms with Crippen molar-refractivity contribution in [1.29, 1.82) is 5.26 Å². The number of halogens is 1. The van der Waals surface area contributed by atoms with Crippen molar-refractivity contribution in [2.24, 2.45) is 0 Å². The van der Waals surface area contributed by atoms with E-state index in [4.69, 9.17) is 10.4 Å². The Morgan fingerprint density at radius 2 is 2.08 bits per heavy atom. The van der Waals surface area contributed by atoms with Gasteiger partial charge in [-0.2, -0.15) is 5.26 Å². The van der Waals surface area contributed by atoms with E-state index in [1.54, 1.807) is 24.4 Å². The average Bonchev–Trinajstić information content (AvgIpc) is 2.55. The number of anilines is 2. The fourth-order valence-electron chi connectivity index (χ4n) is 1.71. The van der Waals surface area contributed by atoms with E-state index in [0.717, 1.165) is 4.47 Å². The SMILES string of the molecule is N#C/C(=C/Nc1cc(Br)ccn1)C(=O)Nc1cccc(C(=O)O)c1. The maximum absolute atomic E-state index is 12.1. The van der Waals surface area contributed by atoms with Gasteiger partial charge in [-0.15, -0.1) is 0 Å². The van der Waals surface area contributed by atoms with Gasteiger partial charge in [-0.05, 0) is 30.3 Å². The number of carboxylic acids is 1. The molecule has 0 saturated heterocycles. The van der Waals surface area contributed by atoms with E-state index >= 15 is 0 Å². The van der Waals surface area contributed by atoms with E-state index in [0.29, 0.717) is 5.82 Å². The van der Waals surface area contributed by atoms with Crippen molar-refractivity contribution in [3.05, 3.63) is 64.4 Å². The van der Waals surface area contributed by atoms with Gasteiger partial charge in [-0.1, -0.05) is 22.0 Å². The van der Waals surface area contributed by atoms with Gasteiger partial charge in [0, 0.05) is 22.6 Å². The van der Waals surface area contributed by atoms with Crippen LogP contribution in [0.5, 0.6) is 0 Å². The molecule has 2 aromatic rings. The van der Waals surface area contributed by atoms with Crippen LogP contribution >= 0.6 is 15.9 Å². The van der Waals surface area contributed by atoms with E-state index in [1.165, 1.54) is 30.5 Å². The summed E-state index contributed by atoms with van der Waals surface area (Å²) in [6.07, 6.45) is 2.79. The van der Waals surface area contributed by atoms with Crippen LogP contribution in [0.3, 0.4) is 0 Å². The number of nitrogens with one attached hydrogen (secondary N) is 2. The molecule has 1 aromatic heterocycles. The number of carboxylic acid groups (broad SMARTS) is 1. The number of hydrogen-bond donors (Lipinski definition) is 3. The number of amides is 1. The molecule has 2 rings (SSSR count). The molecule has 3 N–H and O–H groups in total. The molecule has 7 nitrogen and oxygen atoms in total. The molecular formula is C16H11BrN4O3. The maximum Gasteiger partial charge on any atom is 0.335 e. The minimum absolute atomic E-state index is 0.0340. The second-order valence-electron chi connectivity index (χ2n) is 4.51. The molecule has 0 bridgehead atoms. The van der Waals surface area contributed by atoms with Gasteiger partial charge in [0.15, 0.2) is 0 Å². The molecule has 0 aliphatic heterocycles. The lowest BCUT2D eigenvalue weighted by atomic mass is 10.2. The molecule has 1 heterocycles. The van der Waals surface area contributed by atoms with Crippen LogP contribution in [0.4, 0.5) is 11.5 Å². The number of nitrogens with zero attached hydrogens (tertiary/aromatic N) is 2. The number of nitriles is 1. The zero-order valence-electron chi connectivity index (χ0n) is 12.2. The van der Waals surface area contributed by atoms with E-state index in [2.05, 4.69) is 31.5 Å². The summed E-state index contributed by atoms with van der Waals surface area (Å²) in [5.41, 5.74) is 0.130. The van der Waals surface area contributed by atoms with Crippen molar-refractivity contribution < 1.29 is 14.7 Å². The Morgan fingerprint density at radius 1 is 1.29 bits per heavy atom. The zero-order valence-corrected chi connectivity index (χ0v) is 13.7.